The summed E-state index contributed by atoms with van der Waals surface area (Å²) in [6.45, 7) is 5.83. The highest BCUT2D eigenvalue weighted by molar-refractivity contribution is 9.10. The molecular formula is C15H20BrNO4. The predicted molar refractivity (Wildman–Crippen MR) is 82.7 cm³/mol. The molecule has 1 atom stereocenters. The van der Waals surface area contributed by atoms with Crippen molar-refractivity contribution in [3.05, 3.63) is 22.2 Å². The van der Waals surface area contributed by atoms with Crippen molar-refractivity contribution in [2.45, 2.75) is 32.9 Å². The number of rotatable bonds is 5. The summed E-state index contributed by atoms with van der Waals surface area (Å²) in [4.78, 5) is 11.6. The van der Waals surface area contributed by atoms with Gasteiger partial charge in [-0.05, 0) is 47.5 Å². The highest BCUT2D eigenvalue weighted by atomic mass is 79.9. The van der Waals surface area contributed by atoms with E-state index in [1.807, 2.05) is 12.1 Å². The fraction of sp³-hybridized carbons (Fsp3) is 0.533. The lowest BCUT2D eigenvalue weighted by Gasteiger charge is -2.15. The predicted octanol–water partition coefficient (Wildman–Crippen LogP) is 2.65. The highest BCUT2D eigenvalue weighted by Gasteiger charge is 2.17. The van der Waals surface area contributed by atoms with Gasteiger partial charge in [0.2, 0.25) is 0 Å². The summed E-state index contributed by atoms with van der Waals surface area (Å²) in [7, 11) is 0. The van der Waals surface area contributed by atoms with Gasteiger partial charge in [0.05, 0.1) is 24.3 Å². The van der Waals surface area contributed by atoms with Gasteiger partial charge in [-0.25, -0.2) is 0 Å². The van der Waals surface area contributed by atoms with Crippen LogP contribution < -0.4 is 14.8 Å². The maximum Gasteiger partial charge on any atom is 0.322 e. The van der Waals surface area contributed by atoms with Gasteiger partial charge >= 0.3 is 5.97 Å². The van der Waals surface area contributed by atoms with Gasteiger partial charge in [0.15, 0.2) is 11.5 Å². The summed E-state index contributed by atoms with van der Waals surface area (Å²) in [6.07, 6.45) is 0.870. The summed E-state index contributed by atoms with van der Waals surface area (Å²) in [5.41, 5.74) is 1.02. The number of fused-ring (bicyclic) bond motifs is 1. The topological polar surface area (TPSA) is 56.8 Å². The Bertz CT molecular complexity index is 507. The molecule has 1 aromatic rings. The van der Waals surface area contributed by atoms with Gasteiger partial charge in [-0.1, -0.05) is 0 Å². The van der Waals surface area contributed by atoms with E-state index < -0.39 is 0 Å². The SMILES string of the molecule is CCOC(=O)C(C)NCc1cc(Br)c2c(c1)OCCCO2. The molecule has 0 fully saturated rings. The molecule has 0 radical (unpaired) electrons. The lowest BCUT2D eigenvalue weighted by atomic mass is 10.2. The Morgan fingerprint density at radius 1 is 1.43 bits per heavy atom. The summed E-state index contributed by atoms with van der Waals surface area (Å²) in [5, 5.41) is 3.14. The van der Waals surface area contributed by atoms with Crippen LogP contribution in [0.15, 0.2) is 16.6 Å². The normalized spacial score (nSPS) is 15.2. The summed E-state index contributed by atoms with van der Waals surface area (Å²) < 4.78 is 17.2. The summed E-state index contributed by atoms with van der Waals surface area (Å²) >= 11 is 3.50. The molecule has 1 aliphatic heterocycles. The average Bonchev–Trinajstić information content (AvgIpc) is 2.70. The maximum atomic E-state index is 11.6. The van der Waals surface area contributed by atoms with E-state index >= 15 is 0 Å². The van der Waals surface area contributed by atoms with Crippen LogP contribution in [0.4, 0.5) is 0 Å². The minimum atomic E-state index is -0.347. The number of ether oxygens (including phenoxy) is 3. The van der Waals surface area contributed by atoms with Gasteiger partial charge in [-0.3, -0.25) is 4.79 Å². The monoisotopic (exact) mass is 357 g/mol. The van der Waals surface area contributed by atoms with E-state index in [2.05, 4.69) is 21.2 Å². The molecule has 116 valence electrons. The van der Waals surface area contributed by atoms with Crippen molar-refractivity contribution in [2.24, 2.45) is 0 Å². The van der Waals surface area contributed by atoms with E-state index in [4.69, 9.17) is 14.2 Å². The molecule has 0 amide bonds. The number of halogens is 1. The molecule has 0 saturated heterocycles. The van der Waals surface area contributed by atoms with Crippen LogP contribution in [-0.2, 0) is 16.1 Å². The van der Waals surface area contributed by atoms with Crippen LogP contribution >= 0.6 is 15.9 Å². The van der Waals surface area contributed by atoms with Crippen LogP contribution in [0.3, 0.4) is 0 Å². The largest absolute Gasteiger partial charge is 0.490 e. The molecule has 5 nitrogen and oxygen atoms in total. The number of benzene rings is 1. The Morgan fingerprint density at radius 3 is 2.95 bits per heavy atom. The van der Waals surface area contributed by atoms with Gasteiger partial charge < -0.3 is 19.5 Å². The number of esters is 1. The molecule has 0 bridgehead atoms. The van der Waals surface area contributed by atoms with Crippen molar-refractivity contribution < 1.29 is 19.0 Å². The lowest BCUT2D eigenvalue weighted by Crippen LogP contribution is -2.34. The second-order valence-corrected chi connectivity index (χ2v) is 5.66. The van der Waals surface area contributed by atoms with Crippen LogP contribution in [0.1, 0.15) is 25.8 Å². The smallest absolute Gasteiger partial charge is 0.322 e. The standard InChI is InChI=1S/C15H20BrNO4/c1-3-19-15(18)10(2)17-9-11-7-12(16)14-13(8-11)20-5-4-6-21-14/h7-8,10,17H,3-6,9H2,1-2H3. The van der Waals surface area contributed by atoms with Crippen molar-refractivity contribution in [3.63, 3.8) is 0 Å². The second-order valence-electron chi connectivity index (χ2n) is 4.81. The van der Waals surface area contributed by atoms with Crippen LogP contribution in [-0.4, -0.2) is 31.8 Å². The summed E-state index contributed by atoms with van der Waals surface area (Å²) in [6, 6.07) is 3.56. The van der Waals surface area contributed by atoms with E-state index in [0.29, 0.717) is 26.4 Å². The number of hydrogen-bond acceptors (Lipinski definition) is 5. The molecule has 21 heavy (non-hydrogen) atoms. The van der Waals surface area contributed by atoms with E-state index in [0.717, 1.165) is 28.0 Å². The highest BCUT2D eigenvalue weighted by Crippen LogP contribution is 2.38. The fourth-order valence-electron chi connectivity index (χ4n) is 2.01. The fourth-order valence-corrected chi connectivity index (χ4v) is 2.61. The zero-order chi connectivity index (χ0) is 15.2. The maximum absolute atomic E-state index is 11.6. The van der Waals surface area contributed by atoms with Crippen LogP contribution in [0.2, 0.25) is 0 Å². The molecule has 0 spiro atoms. The Balaban J connectivity index is 2.02. The van der Waals surface area contributed by atoms with Crippen molar-refractivity contribution in [2.75, 3.05) is 19.8 Å². The number of nitrogens with one attached hydrogen (secondary N) is 1. The van der Waals surface area contributed by atoms with E-state index in [1.165, 1.54) is 0 Å². The molecule has 1 unspecified atom stereocenters. The van der Waals surface area contributed by atoms with Gasteiger partial charge in [0.1, 0.15) is 6.04 Å². The van der Waals surface area contributed by atoms with Gasteiger partial charge in [-0.2, -0.15) is 0 Å². The number of hydrogen-bond donors (Lipinski definition) is 1. The molecule has 1 aromatic carbocycles. The van der Waals surface area contributed by atoms with Gasteiger partial charge in [0.25, 0.3) is 0 Å². The number of carbonyl (C=O) groups is 1. The van der Waals surface area contributed by atoms with Crippen molar-refractivity contribution in [1.82, 2.24) is 5.32 Å². The van der Waals surface area contributed by atoms with Crippen molar-refractivity contribution in [1.29, 1.82) is 0 Å². The van der Waals surface area contributed by atoms with E-state index in [-0.39, 0.29) is 12.0 Å². The van der Waals surface area contributed by atoms with E-state index in [9.17, 15) is 4.79 Å². The van der Waals surface area contributed by atoms with Crippen LogP contribution in [0.25, 0.3) is 0 Å². The molecule has 6 heteroatoms. The lowest BCUT2D eigenvalue weighted by molar-refractivity contribution is -0.145. The Hall–Kier alpha value is -1.27. The first kappa shape index (κ1) is 16.1. The molecular weight excluding hydrogens is 338 g/mol. The van der Waals surface area contributed by atoms with Crippen LogP contribution in [0.5, 0.6) is 11.5 Å². The minimum Gasteiger partial charge on any atom is -0.490 e. The first-order chi connectivity index (χ1) is 10.1. The van der Waals surface area contributed by atoms with Gasteiger partial charge in [-0.15, -0.1) is 0 Å². The molecule has 1 aliphatic rings. The zero-order valence-electron chi connectivity index (χ0n) is 12.3. The second kappa shape index (κ2) is 7.66. The first-order valence-electron chi connectivity index (χ1n) is 7.10. The third-order valence-corrected chi connectivity index (χ3v) is 3.70. The third kappa shape index (κ3) is 4.35. The minimum absolute atomic E-state index is 0.245. The Morgan fingerprint density at radius 2 is 2.19 bits per heavy atom. The Kier molecular flexibility index (Phi) is 5.87. The zero-order valence-corrected chi connectivity index (χ0v) is 13.9. The van der Waals surface area contributed by atoms with E-state index in [1.54, 1.807) is 13.8 Å². The third-order valence-electron chi connectivity index (χ3n) is 3.11. The molecule has 0 aromatic heterocycles. The first-order valence-corrected chi connectivity index (χ1v) is 7.89. The molecule has 1 N–H and O–H groups in total. The summed E-state index contributed by atoms with van der Waals surface area (Å²) in [5.74, 6) is 1.24. The Labute approximate surface area is 133 Å². The van der Waals surface area contributed by atoms with Crippen molar-refractivity contribution in [3.8, 4) is 11.5 Å². The van der Waals surface area contributed by atoms with Crippen molar-refractivity contribution >= 4 is 21.9 Å². The van der Waals surface area contributed by atoms with Gasteiger partial charge in [0, 0.05) is 13.0 Å². The molecule has 0 aliphatic carbocycles. The average molecular weight is 358 g/mol. The quantitative estimate of drug-likeness (QED) is 0.821. The molecule has 0 saturated carbocycles. The van der Waals surface area contributed by atoms with Crippen LogP contribution in [0, 0.1) is 0 Å². The molecule has 1 heterocycles. The number of carbonyl (C=O) groups excluding carboxylic acids is 1. The molecule has 2 rings (SSSR count).